The Kier molecular flexibility index (Phi) is 6.35. The molecule has 0 saturated heterocycles. The lowest BCUT2D eigenvalue weighted by molar-refractivity contribution is -0.121. The first kappa shape index (κ1) is 21.4. The van der Waals surface area contributed by atoms with E-state index in [1.54, 1.807) is 36.4 Å². The van der Waals surface area contributed by atoms with Crippen LogP contribution in [0.25, 0.3) is 0 Å². The highest BCUT2D eigenvalue weighted by molar-refractivity contribution is 5.99. The Morgan fingerprint density at radius 3 is 2.66 bits per heavy atom. The third kappa shape index (κ3) is 4.88. The Hall–Kier alpha value is -3.87. The third-order valence-electron chi connectivity index (χ3n) is 5.17. The van der Waals surface area contributed by atoms with E-state index in [9.17, 15) is 14.0 Å². The summed E-state index contributed by atoms with van der Waals surface area (Å²) in [4.78, 5) is 26.2. The molecule has 3 aromatic rings. The fraction of sp³-hybridized carbons (Fsp3) is 0.200. The van der Waals surface area contributed by atoms with Gasteiger partial charge in [0.25, 0.3) is 11.8 Å². The van der Waals surface area contributed by atoms with Gasteiger partial charge in [0, 0.05) is 17.3 Å². The number of nitrogens with zero attached hydrogens (tertiary/aromatic N) is 1. The molecule has 32 heavy (non-hydrogen) atoms. The summed E-state index contributed by atoms with van der Waals surface area (Å²) in [5.41, 5.74) is 2.64. The first-order valence-electron chi connectivity index (χ1n) is 10.4. The molecular formula is C25H23FN2O4. The topological polar surface area (TPSA) is 67.9 Å². The molecule has 4 rings (SSSR count). The zero-order chi connectivity index (χ0) is 22.5. The van der Waals surface area contributed by atoms with Crippen LogP contribution in [0.3, 0.4) is 0 Å². The van der Waals surface area contributed by atoms with E-state index in [1.165, 1.54) is 16.5 Å². The molecule has 0 spiro atoms. The van der Waals surface area contributed by atoms with E-state index < -0.39 is 0 Å². The van der Waals surface area contributed by atoms with Crippen molar-refractivity contribution >= 4 is 23.2 Å². The van der Waals surface area contributed by atoms with Gasteiger partial charge < -0.3 is 19.7 Å². The van der Waals surface area contributed by atoms with Crippen LogP contribution in [0.1, 0.15) is 18.1 Å². The molecule has 0 saturated carbocycles. The van der Waals surface area contributed by atoms with Gasteiger partial charge in [0.1, 0.15) is 17.3 Å². The number of hydrogen-bond acceptors (Lipinski definition) is 4. The molecule has 0 radical (unpaired) electrons. The van der Waals surface area contributed by atoms with Crippen molar-refractivity contribution in [2.24, 2.45) is 0 Å². The Morgan fingerprint density at radius 1 is 1.12 bits per heavy atom. The average molecular weight is 434 g/mol. The molecule has 1 aliphatic heterocycles. The number of aryl methyl sites for hydroxylation is 1. The van der Waals surface area contributed by atoms with Gasteiger partial charge in [-0.15, -0.1) is 0 Å². The number of hydrogen-bond donors (Lipinski definition) is 1. The van der Waals surface area contributed by atoms with Gasteiger partial charge in [0.15, 0.2) is 13.2 Å². The quantitative estimate of drug-likeness (QED) is 0.601. The van der Waals surface area contributed by atoms with Crippen molar-refractivity contribution in [3.8, 4) is 11.5 Å². The van der Waals surface area contributed by atoms with Gasteiger partial charge in [-0.05, 0) is 42.3 Å². The van der Waals surface area contributed by atoms with E-state index in [-0.39, 0.29) is 37.4 Å². The molecule has 0 bridgehead atoms. The third-order valence-corrected chi connectivity index (χ3v) is 5.17. The molecule has 0 aromatic heterocycles. The molecule has 0 unspecified atom stereocenters. The molecule has 2 amide bonds. The number of anilines is 2. The smallest absolute Gasteiger partial charge is 0.265 e. The number of nitrogens with one attached hydrogen (secondary N) is 1. The lowest BCUT2D eigenvalue weighted by atomic mass is 10.1. The number of ether oxygens (including phenoxy) is 2. The normalized spacial score (nSPS) is 12.7. The maximum absolute atomic E-state index is 14.1. The summed E-state index contributed by atoms with van der Waals surface area (Å²) in [5.74, 6) is 0.101. The van der Waals surface area contributed by atoms with Gasteiger partial charge in [-0.1, -0.05) is 37.3 Å². The van der Waals surface area contributed by atoms with E-state index >= 15 is 0 Å². The lowest BCUT2D eigenvalue weighted by Gasteiger charge is -2.30. The predicted molar refractivity (Wildman–Crippen MR) is 119 cm³/mol. The second-order valence-corrected chi connectivity index (χ2v) is 7.38. The zero-order valence-corrected chi connectivity index (χ0v) is 17.6. The van der Waals surface area contributed by atoms with Crippen LogP contribution in [0.5, 0.6) is 11.5 Å². The fourth-order valence-corrected chi connectivity index (χ4v) is 3.42. The minimum atomic E-state index is -0.374. The summed E-state index contributed by atoms with van der Waals surface area (Å²) in [6.07, 6.45) is 0.935. The van der Waals surface area contributed by atoms with E-state index in [4.69, 9.17) is 9.47 Å². The monoisotopic (exact) mass is 434 g/mol. The van der Waals surface area contributed by atoms with Crippen LogP contribution in [-0.4, -0.2) is 25.0 Å². The molecular weight excluding hydrogens is 411 g/mol. The number of benzene rings is 3. The predicted octanol–water partition coefficient (Wildman–Crippen LogP) is 4.33. The SMILES string of the molecule is CCc1ccc(OCC(=O)Nc2ccc3c(c2)OCC(=O)N3Cc2ccccc2F)cc1. The van der Waals surface area contributed by atoms with Crippen LogP contribution < -0.4 is 19.7 Å². The summed E-state index contributed by atoms with van der Waals surface area (Å²) in [7, 11) is 0. The van der Waals surface area contributed by atoms with Crippen molar-refractivity contribution in [3.63, 3.8) is 0 Å². The number of rotatable bonds is 7. The van der Waals surface area contributed by atoms with Crippen LogP contribution in [0.4, 0.5) is 15.8 Å². The number of halogens is 1. The second-order valence-electron chi connectivity index (χ2n) is 7.38. The van der Waals surface area contributed by atoms with Crippen LogP contribution in [-0.2, 0) is 22.6 Å². The van der Waals surface area contributed by atoms with Gasteiger partial charge in [-0.2, -0.15) is 0 Å². The largest absolute Gasteiger partial charge is 0.484 e. The molecule has 3 aromatic carbocycles. The van der Waals surface area contributed by atoms with Crippen molar-refractivity contribution in [1.29, 1.82) is 0 Å². The van der Waals surface area contributed by atoms with Gasteiger partial charge in [0.2, 0.25) is 0 Å². The fourth-order valence-electron chi connectivity index (χ4n) is 3.42. The summed E-state index contributed by atoms with van der Waals surface area (Å²) in [5, 5.41) is 2.76. The lowest BCUT2D eigenvalue weighted by Crippen LogP contribution is -2.38. The van der Waals surface area contributed by atoms with Crippen molar-refractivity contribution in [3.05, 3.63) is 83.7 Å². The number of carbonyl (C=O) groups excluding carboxylic acids is 2. The summed E-state index contributed by atoms with van der Waals surface area (Å²) < 4.78 is 25.1. The van der Waals surface area contributed by atoms with Crippen molar-refractivity contribution in [2.45, 2.75) is 19.9 Å². The van der Waals surface area contributed by atoms with Gasteiger partial charge in [-0.25, -0.2) is 4.39 Å². The van der Waals surface area contributed by atoms with Crippen LogP contribution in [0.15, 0.2) is 66.7 Å². The van der Waals surface area contributed by atoms with Crippen molar-refractivity contribution in [1.82, 2.24) is 0 Å². The van der Waals surface area contributed by atoms with E-state index in [1.807, 2.05) is 24.3 Å². The van der Waals surface area contributed by atoms with Crippen LogP contribution in [0, 0.1) is 5.82 Å². The molecule has 1 aliphatic rings. The number of fused-ring (bicyclic) bond motifs is 1. The highest BCUT2D eigenvalue weighted by Gasteiger charge is 2.26. The Balaban J connectivity index is 1.42. The van der Waals surface area contributed by atoms with Crippen LogP contribution >= 0.6 is 0 Å². The van der Waals surface area contributed by atoms with Gasteiger partial charge in [-0.3, -0.25) is 9.59 Å². The average Bonchev–Trinajstić information content (AvgIpc) is 2.81. The standard InChI is InChI=1S/C25H23FN2O4/c1-2-17-7-10-20(11-8-17)31-15-24(29)27-19-9-12-22-23(13-19)32-16-25(30)28(22)14-18-5-3-4-6-21(18)26/h3-13H,2,14-16H2,1H3,(H,27,29). The molecule has 0 aliphatic carbocycles. The first-order chi connectivity index (χ1) is 15.5. The second kappa shape index (κ2) is 9.51. The molecule has 6 nitrogen and oxygen atoms in total. The molecule has 1 heterocycles. The minimum Gasteiger partial charge on any atom is -0.484 e. The van der Waals surface area contributed by atoms with E-state index in [2.05, 4.69) is 12.2 Å². The minimum absolute atomic E-state index is 0.0955. The first-order valence-corrected chi connectivity index (χ1v) is 10.4. The Morgan fingerprint density at radius 2 is 1.91 bits per heavy atom. The Labute approximate surface area is 185 Å². The molecule has 0 atom stereocenters. The zero-order valence-electron chi connectivity index (χ0n) is 17.6. The molecule has 164 valence electrons. The highest BCUT2D eigenvalue weighted by atomic mass is 19.1. The molecule has 1 N–H and O–H groups in total. The Bertz CT molecular complexity index is 1130. The van der Waals surface area contributed by atoms with E-state index in [0.717, 1.165) is 6.42 Å². The molecule has 7 heteroatoms. The molecule has 0 fully saturated rings. The van der Waals surface area contributed by atoms with Gasteiger partial charge >= 0.3 is 0 Å². The summed E-state index contributed by atoms with van der Waals surface area (Å²) in [6, 6.07) is 18.9. The maximum atomic E-state index is 14.1. The van der Waals surface area contributed by atoms with Crippen LogP contribution in [0.2, 0.25) is 0 Å². The number of amides is 2. The summed E-state index contributed by atoms with van der Waals surface area (Å²) in [6.45, 7) is 1.87. The summed E-state index contributed by atoms with van der Waals surface area (Å²) >= 11 is 0. The number of carbonyl (C=O) groups is 2. The van der Waals surface area contributed by atoms with Gasteiger partial charge in [0.05, 0.1) is 12.2 Å². The van der Waals surface area contributed by atoms with Crippen molar-refractivity contribution in [2.75, 3.05) is 23.4 Å². The van der Waals surface area contributed by atoms with Crippen molar-refractivity contribution < 1.29 is 23.5 Å². The highest BCUT2D eigenvalue weighted by Crippen LogP contribution is 2.35. The van der Waals surface area contributed by atoms with E-state index in [0.29, 0.717) is 28.4 Å². The maximum Gasteiger partial charge on any atom is 0.265 e.